The Morgan fingerprint density at radius 1 is 1.15 bits per heavy atom. The summed E-state index contributed by atoms with van der Waals surface area (Å²) in [6.07, 6.45) is 3.26. The molecule has 2 aromatic rings. The van der Waals surface area contributed by atoms with Crippen LogP contribution in [-0.2, 0) is 11.2 Å². The molecule has 0 spiro atoms. The molecular formula is C14H12N2O4. The van der Waals surface area contributed by atoms with Crippen LogP contribution >= 0.6 is 0 Å². The normalized spacial score (nSPS) is 10.0. The highest BCUT2D eigenvalue weighted by molar-refractivity contribution is 5.98. The van der Waals surface area contributed by atoms with Gasteiger partial charge in [0, 0.05) is 12.4 Å². The summed E-state index contributed by atoms with van der Waals surface area (Å²) in [7, 11) is 0. The molecule has 0 fully saturated rings. The zero-order valence-electron chi connectivity index (χ0n) is 10.4. The van der Waals surface area contributed by atoms with E-state index in [-0.39, 0.29) is 23.6 Å². The topological polar surface area (TPSA) is 99.5 Å². The number of anilines is 1. The number of nitrogens with one attached hydrogen (secondary N) is 1. The van der Waals surface area contributed by atoms with Crippen LogP contribution in [-0.4, -0.2) is 27.1 Å². The van der Waals surface area contributed by atoms with Crippen LogP contribution in [0.5, 0.6) is 5.75 Å². The molecule has 20 heavy (non-hydrogen) atoms. The Kier molecular flexibility index (Phi) is 3.95. The molecule has 0 aliphatic carbocycles. The number of amides is 1. The summed E-state index contributed by atoms with van der Waals surface area (Å²) >= 11 is 0. The van der Waals surface area contributed by atoms with Crippen molar-refractivity contribution in [3.8, 4) is 5.75 Å². The van der Waals surface area contributed by atoms with Crippen molar-refractivity contribution in [2.24, 2.45) is 0 Å². The van der Waals surface area contributed by atoms with E-state index in [4.69, 9.17) is 5.11 Å². The van der Waals surface area contributed by atoms with Crippen molar-refractivity contribution >= 4 is 17.6 Å². The van der Waals surface area contributed by atoms with E-state index in [2.05, 4.69) is 10.3 Å². The third-order valence-electron chi connectivity index (χ3n) is 2.65. The lowest BCUT2D eigenvalue weighted by molar-refractivity contribution is -0.115. The van der Waals surface area contributed by atoms with Crippen molar-refractivity contribution in [1.29, 1.82) is 0 Å². The number of pyridine rings is 1. The number of aromatic nitrogens is 1. The van der Waals surface area contributed by atoms with E-state index < -0.39 is 11.7 Å². The van der Waals surface area contributed by atoms with Gasteiger partial charge in [-0.3, -0.25) is 9.78 Å². The molecule has 1 aromatic carbocycles. The summed E-state index contributed by atoms with van der Waals surface area (Å²) in [5, 5.41) is 21.1. The summed E-state index contributed by atoms with van der Waals surface area (Å²) in [5.41, 5.74) is 0.585. The van der Waals surface area contributed by atoms with Crippen molar-refractivity contribution in [2.45, 2.75) is 6.42 Å². The van der Waals surface area contributed by atoms with E-state index in [0.29, 0.717) is 0 Å². The zero-order valence-corrected chi connectivity index (χ0v) is 10.4. The second kappa shape index (κ2) is 5.83. The Balaban J connectivity index is 2.12. The molecule has 0 aliphatic heterocycles. The molecule has 102 valence electrons. The first kappa shape index (κ1) is 13.5. The smallest absolute Gasteiger partial charge is 0.339 e. The van der Waals surface area contributed by atoms with Gasteiger partial charge < -0.3 is 15.5 Å². The summed E-state index contributed by atoms with van der Waals surface area (Å²) in [5.74, 6) is -2.06. The lowest BCUT2D eigenvalue weighted by Crippen LogP contribution is -2.15. The van der Waals surface area contributed by atoms with E-state index in [1.165, 1.54) is 18.2 Å². The average Bonchev–Trinajstić information content (AvgIpc) is 2.42. The van der Waals surface area contributed by atoms with E-state index in [9.17, 15) is 14.7 Å². The third kappa shape index (κ3) is 3.11. The average molecular weight is 272 g/mol. The number of benzene rings is 1. The number of hydrogen-bond donors (Lipinski definition) is 3. The highest BCUT2D eigenvalue weighted by Gasteiger charge is 2.14. The van der Waals surface area contributed by atoms with Crippen LogP contribution in [0.3, 0.4) is 0 Å². The predicted octanol–water partition coefficient (Wildman–Crippen LogP) is 1.67. The molecule has 2 rings (SSSR count). The Morgan fingerprint density at radius 3 is 2.50 bits per heavy atom. The first-order chi connectivity index (χ1) is 9.58. The molecule has 1 heterocycles. The molecule has 1 aromatic heterocycles. The molecule has 6 heteroatoms. The largest absolute Gasteiger partial charge is 0.505 e. The Bertz CT molecular complexity index is 641. The number of phenols is 1. The van der Waals surface area contributed by atoms with Crippen LogP contribution < -0.4 is 5.32 Å². The SMILES string of the molecule is O=C(Cc1ccncc1)Nc1cccc(C(=O)O)c1O. The fraction of sp³-hybridized carbons (Fsp3) is 0.0714. The van der Waals surface area contributed by atoms with Crippen LogP contribution in [0, 0.1) is 0 Å². The van der Waals surface area contributed by atoms with Gasteiger partial charge in [-0.1, -0.05) is 6.07 Å². The van der Waals surface area contributed by atoms with Gasteiger partial charge >= 0.3 is 5.97 Å². The summed E-state index contributed by atoms with van der Waals surface area (Å²) in [6, 6.07) is 7.55. The fourth-order valence-corrected chi connectivity index (χ4v) is 1.70. The van der Waals surface area contributed by atoms with Crippen molar-refractivity contribution in [3.05, 3.63) is 53.9 Å². The van der Waals surface area contributed by atoms with Gasteiger partial charge in [0.05, 0.1) is 12.1 Å². The minimum atomic E-state index is -1.26. The van der Waals surface area contributed by atoms with Crippen molar-refractivity contribution < 1.29 is 19.8 Å². The van der Waals surface area contributed by atoms with Crippen molar-refractivity contribution in [1.82, 2.24) is 4.98 Å². The van der Waals surface area contributed by atoms with E-state index >= 15 is 0 Å². The van der Waals surface area contributed by atoms with Gasteiger partial charge in [-0.05, 0) is 29.8 Å². The molecule has 0 bridgehead atoms. The maximum atomic E-state index is 11.8. The number of carbonyl (C=O) groups is 2. The maximum absolute atomic E-state index is 11.8. The minimum absolute atomic E-state index is 0.0731. The van der Waals surface area contributed by atoms with Crippen molar-refractivity contribution in [2.75, 3.05) is 5.32 Å². The van der Waals surface area contributed by atoms with Gasteiger partial charge in [-0.2, -0.15) is 0 Å². The number of nitrogens with zero attached hydrogens (tertiary/aromatic N) is 1. The molecule has 0 saturated carbocycles. The summed E-state index contributed by atoms with van der Waals surface area (Å²) < 4.78 is 0. The zero-order chi connectivity index (χ0) is 14.5. The number of rotatable bonds is 4. The predicted molar refractivity (Wildman–Crippen MR) is 71.6 cm³/mol. The molecule has 6 nitrogen and oxygen atoms in total. The van der Waals surface area contributed by atoms with Gasteiger partial charge in [0.15, 0.2) is 5.75 Å². The van der Waals surface area contributed by atoms with Gasteiger partial charge in [0.2, 0.25) is 5.91 Å². The molecule has 0 unspecified atom stereocenters. The number of para-hydroxylation sites is 1. The molecule has 0 atom stereocenters. The quantitative estimate of drug-likeness (QED) is 0.735. The molecule has 0 saturated heterocycles. The molecule has 3 N–H and O–H groups in total. The number of carboxylic acid groups (broad SMARTS) is 1. The van der Waals surface area contributed by atoms with E-state index in [0.717, 1.165) is 5.56 Å². The van der Waals surface area contributed by atoms with Crippen LogP contribution in [0.1, 0.15) is 15.9 Å². The minimum Gasteiger partial charge on any atom is -0.505 e. The van der Waals surface area contributed by atoms with Crippen LogP contribution in [0.25, 0.3) is 0 Å². The Morgan fingerprint density at radius 2 is 1.85 bits per heavy atom. The second-order valence-electron chi connectivity index (χ2n) is 4.09. The van der Waals surface area contributed by atoms with Gasteiger partial charge in [0.25, 0.3) is 0 Å². The van der Waals surface area contributed by atoms with Gasteiger partial charge in [-0.15, -0.1) is 0 Å². The lowest BCUT2D eigenvalue weighted by Gasteiger charge is -2.09. The molecule has 0 radical (unpaired) electrons. The van der Waals surface area contributed by atoms with Crippen LogP contribution in [0.2, 0.25) is 0 Å². The second-order valence-corrected chi connectivity index (χ2v) is 4.09. The molecular weight excluding hydrogens is 260 g/mol. The lowest BCUT2D eigenvalue weighted by atomic mass is 10.1. The summed E-state index contributed by atoms with van der Waals surface area (Å²) in [6.45, 7) is 0. The monoisotopic (exact) mass is 272 g/mol. The number of hydrogen-bond acceptors (Lipinski definition) is 4. The van der Waals surface area contributed by atoms with E-state index in [1.807, 2.05) is 0 Å². The number of aromatic carboxylic acids is 1. The van der Waals surface area contributed by atoms with Crippen LogP contribution in [0.4, 0.5) is 5.69 Å². The van der Waals surface area contributed by atoms with E-state index in [1.54, 1.807) is 24.5 Å². The fourth-order valence-electron chi connectivity index (χ4n) is 1.70. The van der Waals surface area contributed by atoms with Crippen LogP contribution in [0.15, 0.2) is 42.7 Å². The van der Waals surface area contributed by atoms with Gasteiger partial charge in [0.1, 0.15) is 5.56 Å². The summed E-state index contributed by atoms with van der Waals surface area (Å²) in [4.78, 5) is 26.5. The number of aromatic hydroxyl groups is 1. The first-order valence-corrected chi connectivity index (χ1v) is 5.82. The Labute approximate surface area is 114 Å². The standard InChI is InChI=1S/C14H12N2O4/c17-12(8-9-4-6-15-7-5-9)16-11-3-1-2-10(13(11)18)14(19)20/h1-7,18H,8H2,(H,16,17)(H,19,20). The van der Waals surface area contributed by atoms with Gasteiger partial charge in [-0.25, -0.2) is 4.79 Å². The maximum Gasteiger partial charge on any atom is 0.339 e. The first-order valence-electron chi connectivity index (χ1n) is 5.82. The third-order valence-corrected chi connectivity index (χ3v) is 2.65. The number of carboxylic acids is 1. The highest BCUT2D eigenvalue weighted by Crippen LogP contribution is 2.27. The number of carbonyl (C=O) groups excluding carboxylic acids is 1. The molecule has 0 aliphatic rings. The highest BCUT2D eigenvalue weighted by atomic mass is 16.4. The Hall–Kier alpha value is -2.89. The molecule has 1 amide bonds. The van der Waals surface area contributed by atoms with Crippen molar-refractivity contribution in [3.63, 3.8) is 0 Å².